The van der Waals surface area contributed by atoms with E-state index in [2.05, 4.69) is 0 Å². The summed E-state index contributed by atoms with van der Waals surface area (Å²) in [5, 5.41) is 0. The lowest BCUT2D eigenvalue weighted by atomic mass is 9.86. The minimum atomic E-state index is -1.03. The summed E-state index contributed by atoms with van der Waals surface area (Å²) in [5.74, 6) is -0.0493. The number of hydrogen-bond donors (Lipinski definition) is 0. The number of carbonyl (C=O) groups excluding carboxylic acids is 1. The van der Waals surface area contributed by atoms with Crippen molar-refractivity contribution in [2.45, 2.75) is 12.5 Å². The van der Waals surface area contributed by atoms with Gasteiger partial charge in [0.15, 0.2) is 5.60 Å². The zero-order valence-electron chi connectivity index (χ0n) is 11.9. The third kappa shape index (κ3) is 1.53. The van der Waals surface area contributed by atoms with Crippen LogP contribution in [0.3, 0.4) is 0 Å². The lowest BCUT2D eigenvalue weighted by molar-refractivity contribution is -0.134. The maximum Gasteiger partial charge on any atom is 0.268 e. The van der Waals surface area contributed by atoms with Gasteiger partial charge in [-0.3, -0.25) is 4.79 Å². The van der Waals surface area contributed by atoms with E-state index >= 15 is 0 Å². The summed E-state index contributed by atoms with van der Waals surface area (Å²) in [6.45, 7) is 2.02. The van der Waals surface area contributed by atoms with Gasteiger partial charge in [-0.05, 0) is 18.6 Å². The van der Waals surface area contributed by atoms with E-state index in [9.17, 15) is 4.79 Å². The van der Waals surface area contributed by atoms with Gasteiger partial charge in [0.25, 0.3) is 5.91 Å². The summed E-state index contributed by atoms with van der Waals surface area (Å²) in [7, 11) is 3.39. The number of anilines is 1. The first-order valence-electron chi connectivity index (χ1n) is 6.61. The van der Waals surface area contributed by atoms with E-state index in [4.69, 9.17) is 4.74 Å². The van der Waals surface area contributed by atoms with Crippen molar-refractivity contribution in [2.24, 2.45) is 0 Å². The Balaban J connectivity index is 2.32. The molecule has 1 aliphatic heterocycles. The van der Waals surface area contributed by atoms with Crippen molar-refractivity contribution in [3.63, 3.8) is 0 Å². The fraction of sp³-hybridized carbons (Fsp3) is 0.235. The van der Waals surface area contributed by atoms with E-state index in [-0.39, 0.29) is 5.91 Å². The molecule has 3 rings (SSSR count). The maximum atomic E-state index is 12.8. The molecule has 2 aromatic rings. The summed E-state index contributed by atoms with van der Waals surface area (Å²) in [5.41, 5.74) is 2.77. The van der Waals surface area contributed by atoms with Crippen molar-refractivity contribution in [3.05, 3.63) is 65.2 Å². The minimum absolute atomic E-state index is 0.0493. The Kier molecular flexibility index (Phi) is 2.87. The van der Waals surface area contributed by atoms with Crippen LogP contribution >= 0.6 is 0 Å². The van der Waals surface area contributed by atoms with Gasteiger partial charge in [-0.25, -0.2) is 0 Å². The first kappa shape index (κ1) is 12.9. The van der Waals surface area contributed by atoms with Gasteiger partial charge >= 0.3 is 0 Å². The van der Waals surface area contributed by atoms with Crippen LogP contribution in [0.5, 0.6) is 0 Å². The quantitative estimate of drug-likeness (QED) is 0.837. The Morgan fingerprint density at radius 2 is 1.80 bits per heavy atom. The smallest absolute Gasteiger partial charge is 0.268 e. The normalized spacial score (nSPS) is 21.1. The number of likely N-dealkylation sites (N-methyl/N-ethyl adjacent to an activating group) is 1. The Bertz CT molecular complexity index is 666. The summed E-state index contributed by atoms with van der Waals surface area (Å²) in [6.07, 6.45) is 0. The highest BCUT2D eigenvalue weighted by atomic mass is 16.5. The van der Waals surface area contributed by atoms with Crippen LogP contribution in [0.1, 0.15) is 16.7 Å². The Morgan fingerprint density at radius 3 is 2.45 bits per heavy atom. The molecule has 102 valence electrons. The highest BCUT2D eigenvalue weighted by Crippen LogP contribution is 2.46. The van der Waals surface area contributed by atoms with Gasteiger partial charge in [-0.2, -0.15) is 0 Å². The molecule has 0 aliphatic carbocycles. The molecule has 20 heavy (non-hydrogen) atoms. The van der Waals surface area contributed by atoms with Crippen LogP contribution in [-0.4, -0.2) is 20.1 Å². The molecule has 1 amide bonds. The second-order valence-corrected chi connectivity index (χ2v) is 5.14. The number of benzene rings is 2. The van der Waals surface area contributed by atoms with Gasteiger partial charge < -0.3 is 9.64 Å². The number of fused-ring (bicyclic) bond motifs is 1. The Labute approximate surface area is 118 Å². The third-order valence-corrected chi connectivity index (χ3v) is 3.99. The number of aryl methyl sites for hydroxylation is 1. The average molecular weight is 267 g/mol. The molecule has 0 radical (unpaired) electrons. The topological polar surface area (TPSA) is 29.5 Å². The van der Waals surface area contributed by atoms with Crippen LogP contribution in [0, 0.1) is 6.92 Å². The van der Waals surface area contributed by atoms with Crippen molar-refractivity contribution >= 4 is 11.6 Å². The highest BCUT2D eigenvalue weighted by Gasteiger charge is 2.51. The van der Waals surface area contributed by atoms with Crippen LogP contribution in [0.25, 0.3) is 0 Å². The van der Waals surface area contributed by atoms with Gasteiger partial charge in [0.2, 0.25) is 0 Å². The van der Waals surface area contributed by atoms with E-state index < -0.39 is 5.60 Å². The first-order valence-corrected chi connectivity index (χ1v) is 6.61. The van der Waals surface area contributed by atoms with E-state index in [1.807, 2.05) is 55.5 Å². The molecule has 0 bridgehead atoms. The molecule has 2 aromatic carbocycles. The molecule has 0 saturated heterocycles. The highest BCUT2D eigenvalue weighted by molar-refractivity contribution is 6.09. The molecular formula is C17H17NO2. The first-order chi connectivity index (χ1) is 9.61. The number of carbonyl (C=O) groups is 1. The molecule has 3 heteroatoms. The lowest BCUT2D eigenvalue weighted by Gasteiger charge is -2.27. The zero-order valence-corrected chi connectivity index (χ0v) is 11.9. The van der Waals surface area contributed by atoms with Crippen LogP contribution in [0.4, 0.5) is 5.69 Å². The number of rotatable bonds is 2. The molecule has 1 atom stereocenters. The minimum Gasteiger partial charge on any atom is -0.359 e. The maximum absolute atomic E-state index is 12.8. The van der Waals surface area contributed by atoms with Gasteiger partial charge in [0.05, 0.1) is 5.69 Å². The molecule has 0 fully saturated rings. The van der Waals surface area contributed by atoms with E-state index in [1.54, 1.807) is 19.1 Å². The van der Waals surface area contributed by atoms with Gasteiger partial charge in [-0.1, -0.05) is 48.0 Å². The predicted molar refractivity (Wildman–Crippen MR) is 78.8 cm³/mol. The molecule has 3 nitrogen and oxygen atoms in total. The number of hydrogen-bond acceptors (Lipinski definition) is 2. The zero-order chi connectivity index (χ0) is 14.3. The number of methoxy groups -OCH3 is 1. The third-order valence-electron chi connectivity index (χ3n) is 3.99. The Morgan fingerprint density at radius 1 is 1.10 bits per heavy atom. The second-order valence-electron chi connectivity index (χ2n) is 5.14. The van der Waals surface area contributed by atoms with Crippen molar-refractivity contribution in [2.75, 3.05) is 19.1 Å². The monoisotopic (exact) mass is 267 g/mol. The van der Waals surface area contributed by atoms with Crippen molar-refractivity contribution in [1.29, 1.82) is 0 Å². The van der Waals surface area contributed by atoms with E-state index in [1.165, 1.54) is 0 Å². The van der Waals surface area contributed by atoms with Crippen LogP contribution < -0.4 is 4.90 Å². The molecule has 1 heterocycles. The predicted octanol–water partition coefficient (Wildman–Crippen LogP) is 2.86. The lowest BCUT2D eigenvalue weighted by Crippen LogP contribution is -2.41. The summed E-state index contributed by atoms with van der Waals surface area (Å²) < 4.78 is 5.76. The number of ether oxygens (including phenoxy) is 1. The van der Waals surface area contributed by atoms with E-state index in [0.717, 1.165) is 22.4 Å². The number of amides is 1. The Hall–Kier alpha value is -2.13. The van der Waals surface area contributed by atoms with E-state index in [0.29, 0.717) is 0 Å². The van der Waals surface area contributed by atoms with Crippen molar-refractivity contribution in [1.82, 2.24) is 0 Å². The van der Waals surface area contributed by atoms with Crippen molar-refractivity contribution < 1.29 is 9.53 Å². The number of nitrogens with zero attached hydrogens (tertiary/aromatic N) is 1. The second kappa shape index (κ2) is 4.46. The molecule has 1 unspecified atom stereocenters. The van der Waals surface area contributed by atoms with Crippen molar-refractivity contribution in [3.8, 4) is 0 Å². The fourth-order valence-corrected chi connectivity index (χ4v) is 2.95. The largest absolute Gasteiger partial charge is 0.359 e. The standard InChI is InChI=1S/C17H17NO2/c1-12-9-10-15-14(11-12)17(20-3,16(19)18(15)2)13-7-5-4-6-8-13/h4-11H,1-3H3. The van der Waals surface area contributed by atoms with Crippen LogP contribution in [0.15, 0.2) is 48.5 Å². The molecule has 0 aromatic heterocycles. The molecule has 0 spiro atoms. The molecule has 0 N–H and O–H groups in total. The van der Waals surface area contributed by atoms with Gasteiger partial charge in [0.1, 0.15) is 0 Å². The summed E-state index contributed by atoms with van der Waals surface area (Å²) in [4.78, 5) is 14.5. The molecule has 1 aliphatic rings. The molecular weight excluding hydrogens is 250 g/mol. The van der Waals surface area contributed by atoms with Gasteiger partial charge in [0, 0.05) is 19.7 Å². The van der Waals surface area contributed by atoms with Crippen LogP contribution in [-0.2, 0) is 15.1 Å². The SMILES string of the molecule is COC1(c2ccccc2)C(=O)N(C)c2ccc(C)cc21. The van der Waals surface area contributed by atoms with Gasteiger partial charge in [-0.15, -0.1) is 0 Å². The fourth-order valence-electron chi connectivity index (χ4n) is 2.95. The summed E-state index contributed by atoms with van der Waals surface area (Å²) >= 11 is 0. The average Bonchev–Trinajstić information content (AvgIpc) is 2.69. The summed E-state index contributed by atoms with van der Waals surface area (Å²) in [6, 6.07) is 15.7. The van der Waals surface area contributed by atoms with Crippen LogP contribution in [0.2, 0.25) is 0 Å². The molecule has 0 saturated carbocycles.